The number of urea groups is 1. The SMILES string of the molecule is COC(=O)c1ccc(CN2C(=O)NC(c3ccccc3)C2=O)cc1. The molecule has 24 heavy (non-hydrogen) atoms. The first-order valence-corrected chi connectivity index (χ1v) is 7.44. The van der Waals surface area contributed by atoms with Gasteiger partial charge in [-0.05, 0) is 23.3 Å². The number of nitrogens with zero attached hydrogens (tertiary/aromatic N) is 1. The molecule has 0 aromatic heterocycles. The highest BCUT2D eigenvalue weighted by atomic mass is 16.5. The van der Waals surface area contributed by atoms with E-state index in [0.29, 0.717) is 5.56 Å². The molecular weight excluding hydrogens is 308 g/mol. The van der Waals surface area contributed by atoms with E-state index in [-0.39, 0.29) is 12.5 Å². The average Bonchev–Trinajstić information content (AvgIpc) is 2.90. The second-order valence-corrected chi connectivity index (χ2v) is 5.41. The highest BCUT2D eigenvalue weighted by Crippen LogP contribution is 2.23. The molecule has 2 aromatic rings. The van der Waals surface area contributed by atoms with E-state index in [0.717, 1.165) is 11.1 Å². The van der Waals surface area contributed by atoms with Gasteiger partial charge in [0.05, 0.1) is 19.2 Å². The van der Waals surface area contributed by atoms with Crippen molar-refractivity contribution in [3.8, 4) is 0 Å². The Balaban J connectivity index is 1.74. The minimum Gasteiger partial charge on any atom is -0.465 e. The van der Waals surface area contributed by atoms with Crippen LogP contribution in [-0.2, 0) is 16.1 Å². The molecule has 6 heteroatoms. The Kier molecular flexibility index (Phi) is 4.29. The predicted molar refractivity (Wildman–Crippen MR) is 86.0 cm³/mol. The van der Waals surface area contributed by atoms with E-state index >= 15 is 0 Å². The van der Waals surface area contributed by atoms with Gasteiger partial charge in [-0.3, -0.25) is 9.69 Å². The third kappa shape index (κ3) is 2.99. The molecule has 1 aliphatic heterocycles. The average molecular weight is 324 g/mol. The Morgan fingerprint density at radius 3 is 2.38 bits per heavy atom. The van der Waals surface area contributed by atoms with Crippen molar-refractivity contribution < 1.29 is 19.1 Å². The lowest BCUT2D eigenvalue weighted by atomic mass is 10.1. The Morgan fingerprint density at radius 2 is 1.75 bits per heavy atom. The second-order valence-electron chi connectivity index (χ2n) is 5.41. The first kappa shape index (κ1) is 15.7. The molecule has 1 N–H and O–H groups in total. The Hall–Kier alpha value is -3.15. The fourth-order valence-corrected chi connectivity index (χ4v) is 2.59. The van der Waals surface area contributed by atoms with Gasteiger partial charge in [0.15, 0.2) is 0 Å². The molecule has 1 unspecified atom stereocenters. The van der Waals surface area contributed by atoms with Crippen molar-refractivity contribution in [1.82, 2.24) is 10.2 Å². The van der Waals surface area contributed by atoms with Crippen molar-refractivity contribution in [1.29, 1.82) is 0 Å². The van der Waals surface area contributed by atoms with Gasteiger partial charge in [-0.15, -0.1) is 0 Å². The van der Waals surface area contributed by atoms with Crippen molar-refractivity contribution in [2.45, 2.75) is 12.6 Å². The molecule has 0 spiro atoms. The number of methoxy groups -OCH3 is 1. The van der Waals surface area contributed by atoms with Gasteiger partial charge in [0.1, 0.15) is 6.04 Å². The van der Waals surface area contributed by atoms with Crippen LogP contribution >= 0.6 is 0 Å². The van der Waals surface area contributed by atoms with Crippen LogP contribution in [0.1, 0.15) is 27.5 Å². The van der Waals surface area contributed by atoms with Crippen LogP contribution in [0.3, 0.4) is 0 Å². The highest BCUT2D eigenvalue weighted by molar-refractivity contribution is 6.04. The standard InChI is InChI=1S/C18H16N2O4/c1-24-17(22)14-9-7-12(8-10-14)11-20-16(21)15(19-18(20)23)13-5-3-2-4-6-13/h2-10,15H,11H2,1H3,(H,19,23). The fraction of sp³-hybridized carbons (Fsp3) is 0.167. The van der Waals surface area contributed by atoms with E-state index in [9.17, 15) is 14.4 Å². The van der Waals surface area contributed by atoms with Gasteiger partial charge < -0.3 is 10.1 Å². The number of hydrogen-bond donors (Lipinski definition) is 1. The van der Waals surface area contributed by atoms with Gasteiger partial charge in [0.25, 0.3) is 5.91 Å². The lowest BCUT2D eigenvalue weighted by molar-refractivity contribution is -0.128. The quantitative estimate of drug-likeness (QED) is 0.691. The topological polar surface area (TPSA) is 75.7 Å². The number of carbonyl (C=O) groups excluding carboxylic acids is 3. The summed E-state index contributed by atoms with van der Waals surface area (Å²) in [4.78, 5) is 37.2. The van der Waals surface area contributed by atoms with Gasteiger partial charge in [-0.25, -0.2) is 9.59 Å². The van der Waals surface area contributed by atoms with E-state index in [1.807, 2.05) is 18.2 Å². The van der Waals surface area contributed by atoms with Crippen molar-refractivity contribution in [2.24, 2.45) is 0 Å². The molecule has 0 saturated carbocycles. The van der Waals surface area contributed by atoms with Crippen LogP contribution in [0.25, 0.3) is 0 Å². The number of imide groups is 1. The summed E-state index contributed by atoms with van der Waals surface area (Å²) in [5.74, 6) is -0.719. The maximum Gasteiger partial charge on any atom is 0.337 e. The molecule has 0 bridgehead atoms. The van der Waals surface area contributed by atoms with Crippen LogP contribution < -0.4 is 5.32 Å². The van der Waals surface area contributed by atoms with Crippen LogP contribution in [0.2, 0.25) is 0 Å². The smallest absolute Gasteiger partial charge is 0.337 e. The maximum atomic E-state index is 12.5. The van der Waals surface area contributed by atoms with E-state index in [2.05, 4.69) is 10.1 Å². The summed E-state index contributed by atoms with van der Waals surface area (Å²) in [5.41, 5.74) is 1.92. The minimum absolute atomic E-state index is 0.148. The number of benzene rings is 2. The lowest BCUT2D eigenvalue weighted by Gasteiger charge is -2.13. The molecule has 2 aromatic carbocycles. The highest BCUT2D eigenvalue weighted by Gasteiger charge is 2.38. The molecule has 122 valence electrons. The molecule has 0 aliphatic carbocycles. The largest absolute Gasteiger partial charge is 0.465 e. The van der Waals surface area contributed by atoms with E-state index in [4.69, 9.17) is 0 Å². The zero-order valence-corrected chi connectivity index (χ0v) is 13.1. The number of nitrogens with one attached hydrogen (secondary N) is 1. The summed E-state index contributed by atoms with van der Waals surface area (Å²) in [5, 5.41) is 2.69. The Morgan fingerprint density at radius 1 is 1.08 bits per heavy atom. The summed E-state index contributed by atoms with van der Waals surface area (Å²) in [6.07, 6.45) is 0. The number of amides is 3. The normalized spacial score (nSPS) is 16.9. The molecule has 1 atom stereocenters. The van der Waals surface area contributed by atoms with Crippen LogP contribution in [0.5, 0.6) is 0 Å². The van der Waals surface area contributed by atoms with Crippen molar-refractivity contribution in [3.05, 3.63) is 71.3 Å². The van der Waals surface area contributed by atoms with Crippen LogP contribution in [0, 0.1) is 0 Å². The van der Waals surface area contributed by atoms with Gasteiger partial charge in [-0.2, -0.15) is 0 Å². The number of ether oxygens (including phenoxy) is 1. The minimum atomic E-state index is -0.659. The number of esters is 1. The molecule has 6 nitrogen and oxygen atoms in total. The molecule has 1 fully saturated rings. The molecule has 1 heterocycles. The molecule has 3 amide bonds. The predicted octanol–water partition coefficient (Wildman–Crippen LogP) is 2.27. The third-order valence-electron chi connectivity index (χ3n) is 3.87. The van der Waals surface area contributed by atoms with Crippen LogP contribution in [0.15, 0.2) is 54.6 Å². The summed E-state index contributed by atoms with van der Waals surface area (Å²) in [6.45, 7) is 0.148. The van der Waals surface area contributed by atoms with Crippen molar-refractivity contribution in [3.63, 3.8) is 0 Å². The van der Waals surface area contributed by atoms with E-state index in [1.54, 1.807) is 36.4 Å². The number of hydrogen-bond acceptors (Lipinski definition) is 4. The summed E-state index contributed by atoms with van der Waals surface area (Å²) in [6, 6.07) is 14.6. The van der Waals surface area contributed by atoms with E-state index in [1.165, 1.54) is 12.0 Å². The molecular formula is C18H16N2O4. The summed E-state index contributed by atoms with van der Waals surface area (Å²) >= 11 is 0. The first-order chi connectivity index (χ1) is 11.6. The van der Waals surface area contributed by atoms with Gasteiger partial charge >= 0.3 is 12.0 Å². The monoisotopic (exact) mass is 324 g/mol. The number of carbonyl (C=O) groups is 3. The maximum absolute atomic E-state index is 12.5. The molecule has 1 saturated heterocycles. The lowest BCUT2D eigenvalue weighted by Crippen LogP contribution is -2.30. The van der Waals surface area contributed by atoms with Gasteiger partial charge in [0.2, 0.25) is 0 Å². The third-order valence-corrected chi connectivity index (χ3v) is 3.87. The molecule has 0 radical (unpaired) electrons. The molecule has 1 aliphatic rings. The van der Waals surface area contributed by atoms with Crippen LogP contribution in [-0.4, -0.2) is 29.9 Å². The Labute approximate surface area is 139 Å². The summed E-state index contributed by atoms with van der Waals surface area (Å²) in [7, 11) is 1.31. The van der Waals surface area contributed by atoms with E-state index < -0.39 is 18.0 Å². The fourth-order valence-electron chi connectivity index (χ4n) is 2.59. The first-order valence-electron chi connectivity index (χ1n) is 7.44. The van der Waals surface area contributed by atoms with Gasteiger partial charge in [0, 0.05) is 0 Å². The van der Waals surface area contributed by atoms with Gasteiger partial charge in [-0.1, -0.05) is 42.5 Å². The second kappa shape index (κ2) is 6.54. The zero-order valence-electron chi connectivity index (χ0n) is 13.1. The Bertz CT molecular complexity index is 771. The number of rotatable bonds is 4. The molecule has 3 rings (SSSR count). The zero-order chi connectivity index (χ0) is 17.1. The van der Waals surface area contributed by atoms with Crippen molar-refractivity contribution in [2.75, 3.05) is 7.11 Å². The van der Waals surface area contributed by atoms with Crippen molar-refractivity contribution >= 4 is 17.9 Å². The van der Waals surface area contributed by atoms with Crippen LogP contribution in [0.4, 0.5) is 4.79 Å². The summed E-state index contributed by atoms with van der Waals surface area (Å²) < 4.78 is 4.64.